The topological polar surface area (TPSA) is 176 Å². The molecule has 15 heteroatoms. The van der Waals surface area contributed by atoms with Crippen molar-refractivity contribution >= 4 is 71.9 Å². The van der Waals surface area contributed by atoms with Crippen molar-refractivity contribution in [1.82, 2.24) is 20.9 Å². The minimum absolute atomic E-state index is 0.0149. The fourth-order valence-electron chi connectivity index (χ4n) is 5.34. The van der Waals surface area contributed by atoms with Gasteiger partial charge >= 0.3 is 0 Å². The minimum Gasteiger partial charge on any atom is -0.506 e. The maximum absolute atomic E-state index is 13.3. The summed E-state index contributed by atoms with van der Waals surface area (Å²) in [7, 11) is 0. The van der Waals surface area contributed by atoms with Crippen molar-refractivity contribution in [3.63, 3.8) is 0 Å². The fraction of sp³-hybridized carbons (Fsp3) is 0.348. The Balaban J connectivity index is 0.000000505. The van der Waals surface area contributed by atoms with E-state index in [2.05, 4.69) is 96.8 Å². The minimum atomic E-state index is -0.659. The normalized spacial score (nSPS) is 10.3. The number of carbonyl (C=O) groups excluding carboxylic acids is 4. The molecule has 0 saturated heterocycles. The van der Waals surface area contributed by atoms with E-state index in [-0.39, 0.29) is 18.3 Å². The van der Waals surface area contributed by atoms with Crippen molar-refractivity contribution in [2.45, 2.75) is 94.2 Å². The molecule has 0 unspecified atom stereocenters. The number of aryl methyl sites for hydroxylation is 4. The summed E-state index contributed by atoms with van der Waals surface area (Å²) in [5, 5.41) is 29.1. The lowest BCUT2D eigenvalue weighted by atomic mass is 10.0. The Morgan fingerprint density at radius 1 is 0.721 bits per heavy atom. The van der Waals surface area contributed by atoms with Crippen LogP contribution in [-0.4, -0.2) is 62.3 Å². The van der Waals surface area contributed by atoms with E-state index in [0.29, 0.717) is 54.3 Å². The average Bonchev–Trinajstić information content (AvgIpc) is 3.17. The number of halogens is 3. The van der Waals surface area contributed by atoms with Gasteiger partial charge in [-0.3, -0.25) is 35.0 Å². The summed E-state index contributed by atoms with van der Waals surface area (Å²) in [5.41, 5.74) is 10.9. The van der Waals surface area contributed by atoms with Crippen LogP contribution in [-0.2, 0) is 4.79 Å². The van der Waals surface area contributed by atoms with Crippen LogP contribution < -0.4 is 15.6 Å². The molecule has 0 fully saturated rings. The van der Waals surface area contributed by atoms with Crippen LogP contribution in [0, 0.1) is 64.2 Å². The number of benzene rings is 4. The first-order valence-electron chi connectivity index (χ1n) is 18.9. The number of amides is 4. The molecule has 4 amide bonds. The number of nitrogens with one attached hydrogen (secondary N) is 2. The van der Waals surface area contributed by atoms with Crippen molar-refractivity contribution in [2.24, 2.45) is 0 Å². The molecule has 0 aromatic heterocycles. The molecule has 12 nitrogen and oxygen atoms in total. The molecular weight excluding hydrogens is 972 g/mol. The molecule has 0 bridgehead atoms. The van der Waals surface area contributed by atoms with Gasteiger partial charge in [0.15, 0.2) is 6.61 Å². The number of phenolic OH excluding ortho intramolecular Hbond substituents is 1. The lowest BCUT2D eigenvalue weighted by molar-refractivity contribution is -0.125. The van der Waals surface area contributed by atoms with E-state index in [4.69, 9.17) is 15.3 Å². The zero-order valence-corrected chi connectivity index (χ0v) is 41.5. The molecular formula is C46H55Br3N6O6. The number of alkyl halides is 1. The van der Waals surface area contributed by atoms with Crippen molar-refractivity contribution in [1.29, 1.82) is 10.5 Å². The van der Waals surface area contributed by atoms with Crippen LogP contribution in [0.1, 0.15) is 106 Å². The Labute approximate surface area is 385 Å². The number of nitrogens with zero attached hydrogens (tertiary/aromatic N) is 4. The van der Waals surface area contributed by atoms with Gasteiger partial charge in [-0.25, -0.2) is 5.01 Å². The smallest absolute Gasteiger partial charge is 0.272 e. The van der Waals surface area contributed by atoms with Gasteiger partial charge in [-0.2, -0.15) is 10.5 Å². The molecule has 0 spiro atoms. The fourth-order valence-corrected chi connectivity index (χ4v) is 6.31. The summed E-state index contributed by atoms with van der Waals surface area (Å²) in [6.45, 7) is 22.3. The Morgan fingerprint density at radius 2 is 1.20 bits per heavy atom. The molecule has 0 aliphatic rings. The van der Waals surface area contributed by atoms with E-state index in [0.717, 1.165) is 11.1 Å². The number of ether oxygens (including phenoxy) is 1. The predicted molar refractivity (Wildman–Crippen MR) is 250 cm³/mol. The molecule has 0 atom stereocenters. The second-order valence-electron chi connectivity index (χ2n) is 15.7. The maximum atomic E-state index is 13.3. The van der Waals surface area contributed by atoms with Crippen molar-refractivity contribution in [3.8, 4) is 23.6 Å². The average molecular weight is 1030 g/mol. The SMILES string of the molecule is Cc1c(C(=O)NN(C=O)C(C)(C)C)ccc(Br)c1O.Cc1cc(C)cc(C(=O)N(NC(=O)c2ccc(Br)c(OCC#N)c2C)C(C)(C)C)c1.Cc1cccc(C)c1.N#CCBr. The lowest BCUT2D eigenvalue weighted by Gasteiger charge is -2.35. The number of hydrazine groups is 2. The van der Waals surface area contributed by atoms with E-state index in [1.807, 2.05) is 52.8 Å². The lowest BCUT2D eigenvalue weighted by Crippen LogP contribution is -2.56. The van der Waals surface area contributed by atoms with Crippen LogP contribution in [0.5, 0.6) is 11.5 Å². The summed E-state index contributed by atoms with van der Waals surface area (Å²) >= 11 is 9.44. The summed E-state index contributed by atoms with van der Waals surface area (Å²) in [4.78, 5) is 49.4. The van der Waals surface area contributed by atoms with E-state index >= 15 is 0 Å². The van der Waals surface area contributed by atoms with Gasteiger partial charge < -0.3 is 9.84 Å². The van der Waals surface area contributed by atoms with Gasteiger partial charge in [0.1, 0.15) is 17.6 Å². The van der Waals surface area contributed by atoms with Crippen LogP contribution in [0.25, 0.3) is 0 Å². The Bertz CT molecular complexity index is 2220. The second-order valence-corrected chi connectivity index (χ2v) is 18.0. The molecule has 4 rings (SSSR count). The number of aromatic hydroxyl groups is 1. The second kappa shape index (κ2) is 24.9. The van der Waals surface area contributed by atoms with Crippen LogP contribution >= 0.6 is 47.8 Å². The highest BCUT2D eigenvalue weighted by molar-refractivity contribution is 9.11. The van der Waals surface area contributed by atoms with Gasteiger partial charge in [0.2, 0.25) is 6.41 Å². The largest absolute Gasteiger partial charge is 0.506 e. The van der Waals surface area contributed by atoms with Crippen LogP contribution in [0.15, 0.2) is 75.7 Å². The Hall–Kier alpha value is -5.22. The van der Waals surface area contributed by atoms with E-state index in [1.165, 1.54) is 21.1 Å². The molecule has 4 aromatic rings. The third-order valence-electron chi connectivity index (χ3n) is 8.35. The van der Waals surface area contributed by atoms with Gasteiger partial charge in [0, 0.05) is 27.8 Å². The first kappa shape index (κ1) is 53.8. The van der Waals surface area contributed by atoms with Crippen molar-refractivity contribution in [3.05, 3.63) is 126 Å². The molecule has 0 heterocycles. The first-order chi connectivity index (χ1) is 28.3. The highest BCUT2D eigenvalue weighted by Gasteiger charge is 2.31. The summed E-state index contributed by atoms with van der Waals surface area (Å²) in [5.74, 6) is -0.733. The number of rotatable bonds is 7. The molecule has 0 aliphatic heterocycles. The Kier molecular flexibility index (Phi) is 22.0. The van der Waals surface area contributed by atoms with Gasteiger partial charge in [-0.15, -0.1) is 0 Å². The van der Waals surface area contributed by atoms with Crippen LogP contribution in [0.2, 0.25) is 0 Å². The predicted octanol–water partition coefficient (Wildman–Crippen LogP) is 10.4. The standard InChI is InChI=1S/C23H26BrN3O3.C13H17BrN2O3.C8H10.C2H2BrN/c1-14-11-15(2)13-17(12-14)22(29)27(23(4,5)6)26-21(28)18-7-8-19(24)20(16(18)3)30-10-9-25;1-8-9(5-6-10(14)11(8)18)12(19)15-16(7-17)13(2,3)4;1-7-4-3-5-8(2)6-7;3-1-2-4/h7-8,11-13H,10H2,1-6H3,(H,26,28);5-7,18H,1-4H3,(H,15,19);3-6H,1-2H3;1H2. The van der Waals surface area contributed by atoms with E-state index in [9.17, 15) is 24.3 Å². The molecule has 326 valence electrons. The number of hydrogen-bond donors (Lipinski definition) is 3. The number of hydrogen-bond acceptors (Lipinski definition) is 8. The van der Waals surface area contributed by atoms with Crippen LogP contribution in [0.4, 0.5) is 0 Å². The quantitative estimate of drug-likeness (QED) is 0.0931. The van der Waals surface area contributed by atoms with Gasteiger partial charge in [0.25, 0.3) is 17.7 Å². The first-order valence-corrected chi connectivity index (χ1v) is 21.6. The number of nitriles is 2. The van der Waals surface area contributed by atoms with Crippen molar-refractivity contribution in [2.75, 3.05) is 11.9 Å². The monoisotopic (exact) mass is 1020 g/mol. The third-order valence-corrected chi connectivity index (χ3v) is 9.86. The van der Waals surface area contributed by atoms with Crippen molar-refractivity contribution < 1.29 is 29.0 Å². The maximum Gasteiger partial charge on any atom is 0.272 e. The summed E-state index contributed by atoms with van der Waals surface area (Å²) in [6, 6.07) is 24.3. The zero-order chi connectivity index (χ0) is 46.8. The van der Waals surface area contributed by atoms with E-state index in [1.54, 1.807) is 71.0 Å². The third kappa shape index (κ3) is 17.4. The molecule has 4 aromatic carbocycles. The summed E-state index contributed by atoms with van der Waals surface area (Å²) < 4.78 is 6.62. The molecule has 61 heavy (non-hydrogen) atoms. The van der Waals surface area contributed by atoms with Gasteiger partial charge in [0.05, 0.1) is 31.4 Å². The molecule has 3 N–H and O–H groups in total. The molecule has 0 saturated carbocycles. The highest BCUT2D eigenvalue weighted by atomic mass is 79.9. The molecule has 0 radical (unpaired) electrons. The number of phenols is 1. The summed E-state index contributed by atoms with van der Waals surface area (Å²) in [6.07, 6.45) is 0.561. The molecule has 0 aliphatic carbocycles. The van der Waals surface area contributed by atoms with E-state index < -0.39 is 22.9 Å². The highest BCUT2D eigenvalue weighted by Crippen LogP contribution is 2.32. The zero-order valence-electron chi connectivity index (χ0n) is 36.8. The number of carbonyl (C=O) groups is 4. The van der Waals surface area contributed by atoms with Gasteiger partial charge in [-0.05, 0) is 151 Å². The van der Waals surface area contributed by atoms with Crippen LogP contribution in [0.3, 0.4) is 0 Å². The Morgan fingerprint density at radius 3 is 1.62 bits per heavy atom. The van der Waals surface area contributed by atoms with Gasteiger partial charge in [-0.1, -0.05) is 68.5 Å².